The van der Waals surface area contributed by atoms with Crippen LogP contribution in [0.25, 0.3) is 0 Å². The lowest BCUT2D eigenvalue weighted by Gasteiger charge is -2.08. The third-order valence-electron chi connectivity index (χ3n) is 0.991. The van der Waals surface area contributed by atoms with E-state index in [1.165, 1.54) is 0 Å². The van der Waals surface area contributed by atoms with Crippen LogP contribution in [0.5, 0.6) is 0 Å². The van der Waals surface area contributed by atoms with Crippen molar-refractivity contribution in [3.05, 3.63) is 0 Å². The monoisotopic (exact) mass is 194 g/mol. The summed E-state index contributed by atoms with van der Waals surface area (Å²) < 4.78 is 9.85. The largest absolute Gasteiger partial charge is 0.481 e. The van der Waals surface area contributed by atoms with Gasteiger partial charge >= 0.3 is 0 Å². The molecule has 13 heavy (non-hydrogen) atoms. The smallest absolute Gasteiger partial charge is 0.300 e. The number of carboxylic acid groups (broad SMARTS) is 1. The molecule has 0 aromatic carbocycles. The van der Waals surface area contributed by atoms with Crippen molar-refractivity contribution in [1.82, 2.24) is 0 Å². The Morgan fingerprint density at radius 2 is 2.00 bits per heavy atom. The highest BCUT2D eigenvalue weighted by atomic mass is 16.5. The molecule has 5 nitrogen and oxygen atoms in total. The topological polar surface area (TPSA) is 76.0 Å². The molecule has 0 amide bonds. The van der Waals surface area contributed by atoms with Gasteiger partial charge in [0.1, 0.15) is 0 Å². The first-order valence-electron chi connectivity index (χ1n) is 3.95. The summed E-state index contributed by atoms with van der Waals surface area (Å²) in [5.74, 6) is -0.833. The van der Waals surface area contributed by atoms with Gasteiger partial charge in [-0.05, 0) is 6.92 Å². The van der Waals surface area contributed by atoms with Crippen LogP contribution in [-0.2, 0) is 14.3 Å². The number of aliphatic carboxylic acids is 1. The first kappa shape index (κ1) is 14.9. The molecule has 0 radical (unpaired) electrons. The van der Waals surface area contributed by atoms with E-state index in [1.54, 1.807) is 7.11 Å². The molecule has 1 unspecified atom stereocenters. The Kier molecular flexibility index (Phi) is 13.0. The van der Waals surface area contributed by atoms with Crippen molar-refractivity contribution in [3.63, 3.8) is 0 Å². The minimum absolute atomic E-state index is 0.0798. The lowest BCUT2D eigenvalue weighted by atomic mass is 10.4. The number of rotatable bonds is 5. The molecular formula is C8H18O5. The molecular weight excluding hydrogens is 176 g/mol. The van der Waals surface area contributed by atoms with Gasteiger partial charge in [0, 0.05) is 14.0 Å². The summed E-state index contributed by atoms with van der Waals surface area (Å²) in [7, 11) is 1.63. The normalized spacial score (nSPS) is 11.4. The number of hydrogen-bond donors (Lipinski definition) is 2. The number of ether oxygens (including phenoxy) is 2. The molecule has 0 aliphatic rings. The minimum Gasteiger partial charge on any atom is -0.481 e. The predicted octanol–water partition coefficient (Wildman–Crippen LogP) is 0.121. The van der Waals surface area contributed by atoms with Crippen LogP contribution in [0, 0.1) is 0 Å². The predicted molar refractivity (Wildman–Crippen MR) is 47.7 cm³/mol. The number of carboxylic acids is 1. The second-order valence-electron chi connectivity index (χ2n) is 2.36. The Hall–Kier alpha value is -0.650. The molecule has 0 rings (SSSR count). The van der Waals surface area contributed by atoms with Gasteiger partial charge in [-0.2, -0.15) is 0 Å². The zero-order valence-corrected chi connectivity index (χ0v) is 8.32. The Morgan fingerprint density at radius 3 is 2.31 bits per heavy atom. The molecule has 0 bridgehead atoms. The molecule has 0 aromatic rings. The molecule has 5 heteroatoms. The molecule has 0 aromatic heterocycles. The fourth-order valence-corrected chi connectivity index (χ4v) is 0.382. The lowest BCUT2D eigenvalue weighted by Crippen LogP contribution is -2.15. The first-order chi connectivity index (χ1) is 6.04. The Labute approximate surface area is 78.3 Å². The van der Waals surface area contributed by atoms with Crippen LogP contribution in [0.15, 0.2) is 0 Å². The van der Waals surface area contributed by atoms with E-state index in [0.717, 1.165) is 6.92 Å². The zero-order chi connectivity index (χ0) is 10.7. The van der Waals surface area contributed by atoms with Crippen LogP contribution >= 0.6 is 0 Å². The van der Waals surface area contributed by atoms with E-state index in [2.05, 4.69) is 0 Å². The number of carbonyl (C=O) groups is 1. The molecule has 1 atom stereocenters. The number of methoxy groups -OCH3 is 1. The summed E-state index contributed by atoms with van der Waals surface area (Å²) in [5, 5.41) is 15.7. The minimum atomic E-state index is -0.833. The second kappa shape index (κ2) is 11.4. The molecule has 80 valence electrons. The van der Waals surface area contributed by atoms with Crippen LogP contribution in [0.2, 0.25) is 0 Å². The lowest BCUT2D eigenvalue weighted by molar-refractivity contribution is -0.134. The van der Waals surface area contributed by atoms with E-state index in [-0.39, 0.29) is 12.7 Å². The van der Waals surface area contributed by atoms with Gasteiger partial charge in [0.05, 0.1) is 25.9 Å². The van der Waals surface area contributed by atoms with Crippen LogP contribution in [0.4, 0.5) is 0 Å². The van der Waals surface area contributed by atoms with Crippen molar-refractivity contribution in [2.45, 2.75) is 20.0 Å². The summed E-state index contributed by atoms with van der Waals surface area (Å²) in [6.07, 6.45) is 0.122. The van der Waals surface area contributed by atoms with Crippen LogP contribution in [0.3, 0.4) is 0 Å². The SMILES string of the molecule is CC(=O)O.COC(C)COCCO. The summed E-state index contributed by atoms with van der Waals surface area (Å²) >= 11 is 0. The van der Waals surface area contributed by atoms with E-state index in [0.29, 0.717) is 13.2 Å². The molecule has 0 saturated carbocycles. The van der Waals surface area contributed by atoms with Crippen molar-refractivity contribution < 1.29 is 24.5 Å². The molecule has 0 aliphatic heterocycles. The average molecular weight is 194 g/mol. The Bertz CT molecular complexity index is 111. The van der Waals surface area contributed by atoms with E-state index in [9.17, 15) is 0 Å². The molecule has 0 saturated heterocycles. The molecule has 0 spiro atoms. The van der Waals surface area contributed by atoms with Crippen molar-refractivity contribution >= 4 is 5.97 Å². The van der Waals surface area contributed by atoms with E-state index in [4.69, 9.17) is 24.5 Å². The van der Waals surface area contributed by atoms with Gasteiger partial charge in [0.15, 0.2) is 0 Å². The zero-order valence-electron chi connectivity index (χ0n) is 8.32. The highest BCUT2D eigenvalue weighted by molar-refractivity contribution is 5.62. The van der Waals surface area contributed by atoms with E-state index in [1.807, 2.05) is 6.92 Å². The van der Waals surface area contributed by atoms with Crippen LogP contribution in [-0.4, -0.2) is 49.2 Å². The number of aliphatic hydroxyl groups is 1. The molecule has 0 fully saturated rings. The van der Waals surface area contributed by atoms with Gasteiger partial charge in [0.2, 0.25) is 0 Å². The highest BCUT2D eigenvalue weighted by Crippen LogP contribution is 1.87. The van der Waals surface area contributed by atoms with Gasteiger partial charge in [-0.1, -0.05) is 0 Å². The van der Waals surface area contributed by atoms with E-state index < -0.39 is 5.97 Å². The second-order valence-corrected chi connectivity index (χ2v) is 2.36. The van der Waals surface area contributed by atoms with Gasteiger partial charge in [-0.15, -0.1) is 0 Å². The van der Waals surface area contributed by atoms with Crippen molar-refractivity contribution in [2.24, 2.45) is 0 Å². The number of aliphatic hydroxyl groups excluding tert-OH is 1. The maximum atomic E-state index is 9.00. The maximum Gasteiger partial charge on any atom is 0.300 e. The summed E-state index contributed by atoms with van der Waals surface area (Å²) in [6, 6.07) is 0. The van der Waals surface area contributed by atoms with Gasteiger partial charge in [0.25, 0.3) is 5.97 Å². The van der Waals surface area contributed by atoms with E-state index >= 15 is 0 Å². The summed E-state index contributed by atoms with van der Waals surface area (Å²) in [5.41, 5.74) is 0. The Balaban J connectivity index is 0. The van der Waals surface area contributed by atoms with Crippen molar-refractivity contribution in [3.8, 4) is 0 Å². The molecule has 2 N–H and O–H groups in total. The number of hydrogen-bond acceptors (Lipinski definition) is 4. The molecule has 0 heterocycles. The van der Waals surface area contributed by atoms with Crippen LogP contribution in [0.1, 0.15) is 13.8 Å². The fourth-order valence-electron chi connectivity index (χ4n) is 0.382. The standard InChI is InChI=1S/C6H14O3.C2H4O2/c1-6(8-2)5-9-4-3-7;1-2(3)4/h6-7H,3-5H2,1-2H3;1H3,(H,3,4). The van der Waals surface area contributed by atoms with Crippen molar-refractivity contribution in [2.75, 3.05) is 26.9 Å². The maximum absolute atomic E-state index is 9.00. The Morgan fingerprint density at radius 1 is 1.54 bits per heavy atom. The van der Waals surface area contributed by atoms with Gasteiger partial charge < -0.3 is 19.7 Å². The first-order valence-corrected chi connectivity index (χ1v) is 3.95. The third-order valence-corrected chi connectivity index (χ3v) is 0.991. The quantitative estimate of drug-likeness (QED) is 0.608. The molecule has 0 aliphatic carbocycles. The van der Waals surface area contributed by atoms with Gasteiger partial charge in [-0.3, -0.25) is 4.79 Å². The summed E-state index contributed by atoms with van der Waals surface area (Å²) in [4.78, 5) is 9.00. The van der Waals surface area contributed by atoms with Crippen LogP contribution < -0.4 is 0 Å². The van der Waals surface area contributed by atoms with Gasteiger partial charge in [-0.25, -0.2) is 0 Å². The van der Waals surface area contributed by atoms with Crippen molar-refractivity contribution in [1.29, 1.82) is 0 Å². The third kappa shape index (κ3) is 24.6. The highest BCUT2D eigenvalue weighted by Gasteiger charge is 1.96. The average Bonchev–Trinajstić information content (AvgIpc) is 2.03. The summed E-state index contributed by atoms with van der Waals surface area (Å²) in [6.45, 7) is 4.03. The fraction of sp³-hybridized carbons (Fsp3) is 0.875.